The average molecular weight is 383 g/mol. The summed E-state index contributed by atoms with van der Waals surface area (Å²) in [5.74, 6) is -0.425. The van der Waals surface area contributed by atoms with Crippen LogP contribution in [0.5, 0.6) is 0 Å². The molecule has 2 fully saturated rings. The summed E-state index contributed by atoms with van der Waals surface area (Å²) in [6.45, 7) is 1.60. The molecule has 0 radical (unpaired) electrons. The van der Waals surface area contributed by atoms with Crippen molar-refractivity contribution in [3.63, 3.8) is 0 Å². The molecule has 0 atom stereocenters. The molecule has 0 unspecified atom stereocenters. The molecule has 3 rings (SSSR count). The largest absolute Gasteiger partial charge is 0.465 e. The molecule has 0 aliphatic carbocycles. The molecule has 2 heterocycles. The van der Waals surface area contributed by atoms with E-state index in [2.05, 4.69) is 4.74 Å². The van der Waals surface area contributed by atoms with E-state index in [1.54, 1.807) is 10.4 Å². The number of nitrogens with zero attached hydrogens (tertiary/aromatic N) is 3. The third kappa shape index (κ3) is 3.51. The number of carbonyl (C=O) groups is 1. The van der Waals surface area contributed by atoms with Gasteiger partial charge in [0.15, 0.2) is 0 Å². The van der Waals surface area contributed by atoms with Crippen LogP contribution in [0.1, 0.15) is 29.6 Å². The second-order valence-corrected chi connectivity index (χ2v) is 8.49. The molecule has 0 amide bonds. The number of sulfonamides is 1. The fraction of sp³-hybridized carbons (Fsp3) is 0.562. The van der Waals surface area contributed by atoms with Crippen LogP contribution in [0.25, 0.3) is 0 Å². The first-order valence-corrected chi connectivity index (χ1v) is 10.1. The lowest BCUT2D eigenvalue weighted by molar-refractivity contribution is -0.384. The van der Waals surface area contributed by atoms with Crippen LogP contribution in [0.2, 0.25) is 0 Å². The number of hydrogen-bond donors (Lipinski definition) is 0. The predicted molar refractivity (Wildman–Crippen MR) is 94.8 cm³/mol. The summed E-state index contributed by atoms with van der Waals surface area (Å²) < 4.78 is 30.3. The van der Waals surface area contributed by atoms with Crippen molar-refractivity contribution >= 4 is 27.4 Å². The summed E-state index contributed by atoms with van der Waals surface area (Å²) in [6, 6.07) is 4.23. The minimum Gasteiger partial charge on any atom is -0.465 e. The normalized spacial score (nSPS) is 20.9. The van der Waals surface area contributed by atoms with Crippen LogP contribution >= 0.6 is 0 Å². The Bertz CT molecular complexity index is 817. The molecule has 10 heteroatoms. The summed E-state index contributed by atoms with van der Waals surface area (Å²) in [5, 5.41) is 11.4. The minimum absolute atomic E-state index is 0.0489. The topological polar surface area (TPSA) is 110 Å². The maximum absolute atomic E-state index is 12.1. The van der Waals surface area contributed by atoms with Gasteiger partial charge in [0.1, 0.15) is 5.69 Å². The van der Waals surface area contributed by atoms with Crippen molar-refractivity contribution in [2.45, 2.75) is 25.3 Å². The van der Waals surface area contributed by atoms with E-state index in [9.17, 15) is 23.3 Å². The van der Waals surface area contributed by atoms with E-state index < -0.39 is 20.9 Å². The lowest BCUT2D eigenvalue weighted by atomic mass is 10.0. The molecule has 0 N–H and O–H groups in total. The highest BCUT2D eigenvalue weighted by Crippen LogP contribution is 2.33. The Morgan fingerprint density at radius 3 is 2.50 bits per heavy atom. The van der Waals surface area contributed by atoms with Gasteiger partial charge in [-0.3, -0.25) is 10.1 Å². The van der Waals surface area contributed by atoms with Gasteiger partial charge in [-0.1, -0.05) is 0 Å². The standard InChI is InChI=1S/C16H21N3O6S/c1-25-16(20)12-3-4-14(15(11-12)19(21)22)17-8-5-13(6-9-17)18-7-2-10-26(18,23)24/h3-4,11,13H,2,5-10H2,1H3. The molecule has 9 nitrogen and oxygen atoms in total. The van der Waals surface area contributed by atoms with Crippen LogP contribution in [0.3, 0.4) is 0 Å². The Labute approximate surface area is 151 Å². The zero-order valence-electron chi connectivity index (χ0n) is 14.5. The average Bonchev–Trinajstić information content (AvgIpc) is 2.99. The van der Waals surface area contributed by atoms with Gasteiger partial charge in [-0.05, 0) is 31.4 Å². The number of carbonyl (C=O) groups excluding carboxylic acids is 1. The van der Waals surface area contributed by atoms with Crippen LogP contribution in [-0.2, 0) is 14.8 Å². The Balaban J connectivity index is 1.77. The van der Waals surface area contributed by atoms with Gasteiger partial charge in [-0.15, -0.1) is 0 Å². The van der Waals surface area contributed by atoms with Crippen LogP contribution in [0.15, 0.2) is 18.2 Å². The monoisotopic (exact) mass is 383 g/mol. The number of hydrogen-bond acceptors (Lipinski definition) is 7. The van der Waals surface area contributed by atoms with E-state index in [1.165, 1.54) is 19.2 Å². The number of benzene rings is 1. The highest BCUT2D eigenvalue weighted by Gasteiger charge is 2.36. The van der Waals surface area contributed by atoms with Crippen LogP contribution in [0.4, 0.5) is 11.4 Å². The Hall–Kier alpha value is -2.20. The highest BCUT2D eigenvalue weighted by atomic mass is 32.2. The molecule has 1 aromatic rings. The van der Waals surface area contributed by atoms with E-state index in [4.69, 9.17) is 0 Å². The Morgan fingerprint density at radius 2 is 1.96 bits per heavy atom. The molecule has 2 saturated heterocycles. The third-order valence-electron chi connectivity index (χ3n) is 4.94. The fourth-order valence-corrected chi connectivity index (χ4v) is 5.45. The summed E-state index contributed by atoms with van der Waals surface area (Å²) in [7, 11) is -1.93. The molecular formula is C16H21N3O6S. The predicted octanol–water partition coefficient (Wildman–Crippen LogP) is 1.39. The zero-order chi connectivity index (χ0) is 18.9. The van der Waals surface area contributed by atoms with Crippen molar-refractivity contribution in [3.8, 4) is 0 Å². The van der Waals surface area contributed by atoms with Crippen molar-refractivity contribution in [3.05, 3.63) is 33.9 Å². The lowest BCUT2D eigenvalue weighted by Crippen LogP contribution is -2.45. The van der Waals surface area contributed by atoms with Crippen LogP contribution in [0, 0.1) is 10.1 Å². The maximum atomic E-state index is 12.1. The molecule has 2 aliphatic heterocycles. The smallest absolute Gasteiger partial charge is 0.338 e. The summed E-state index contributed by atoms with van der Waals surface area (Å²) in [5.41, 5.74) is 0.409. The van der Waals surface area contributed by atoms with Gasteiger partial charge in [0.25, 0.3) is 5.69 Å². The van der Waals surface area contributed by atoms with Crippen molar-refractivity contribution < 1.29 is 22.9 Å². The first-order valence-electron chi connectivity index (χ1n) is 8.44. The molecule has 0 aromatic heterocycles. The Morgan fingerprint density at radius 1 is 1.27 bits per heavy atom. The molecule has 1 aromatic carbocycles. The van der Waals surface area contributed by atoms with Crippen molar-refractivity contribution in [2.75, 3.05) is 37.4 Å². The van der Waals surface area contributed by atoms with E-state index in [0.717, 1.165) is 0 Å². The fourth-order valence-electron chi connectivity index (χ4n) is 3.65. The van der Waals surface area contributed by atoms with Gasteiger partial charge < -0.3 is 9.64 Å². The van der Waals surface area contributed by atoms with Gasteiger partial charge in [-0.25, -0.2) is 13.2 Å². The van der Waals surface area contributed by atoms with Gasteiger partial charge >= 0.3 is 5.97 Å². The molecule has 0 bridgehead atoms. The molecule has 2 aliphatic rings. The highest BCUT2D eigenvalue weighted by molar-refractivity contribution is 7.89. The van der Waals surface area contributed by atoms with Gasteiger partial charge in [0.05, 0.1) is 23.3 Å². The molecule has 26 heavy (non-hydrogen) atoms. The second-order valence-electron chi connectivity index (χ2n) is 6.45. The maximum Gasteiger partial charge on any atom is 0.338 e. The summed E-state index contributed by atoms with van der Waals surface area (Å²) in [4.78, 5) is 24.4. The van der Waals surface area contributed by atoms with E-state index in [1.807, 2.05) is 4.90 Å². The van der Waals surface area contributed by atoms with Gasteiger partial charge in [0, 0.05) is 31.7 Å². The number of rotatable bonds is 4. The number of esters is 1. The van der Waals surface area contributed by atoms with Crippen molar-refractivity contribution in [1.82, 2.24) is 4.31 Å². The first kappa shape index (κ1) is 18.6. The Kier molecular flexibility index (Phi) is 5.15. The SMILES string of the molecule is COC(=O)c1ccc(N2CCC(N3CCCS3(=O)=O)CC2)c([N+](=O)[O-])c1. The number of methoxy groups -OCH3 is 1. The molecule has 142 valence electrons. The molecular weight excluding hydrogens is 362 g/mol. The van der Waals surface area contributed by atoms with Crippen molar-refractivity contribution in [1.29, 1.82) is 0 Å². The molecule has 0 saturated carbocycles. The summed E-state index contributed by atoms with van der Waals surface area (Å²) in [6.07, 6.45) is 1.90. The van der Waals surface area contributed by atoms with E-state index >= 15 is 0 Å². The number of ether oxygens (including phenoxy) is 1. The number of nitro groups is 1. The van der Waals surface area contributed by atoms with E-state index in [-0.39, 0.29) is 23.0 Å². The van der Waals surface area contributed by atoms with Gasteiger partial charge in [0.2, 0.25) is 10.0 Å². The van der Waals surface area contributed by atoms with Crippen LogP contribution < -0.4 is 4.90 Å². The molecule has 0 spiro atoms. The van der Waals surface area contributed by atoms with Crippen LogP contribution in [-0.4, -0.2) is 62.2 Å². The number of nitro benzene ring substituents is 1. The lowest BCUT2D eigenvalue weighted by Gasteiger charge is -2.36. The second kappa shape index (κ2) is 7.20. The zero-order valence-corrected chi connectivity index (χ0v) is 15.3. The minimum atomic E-state index is -3.15. The summed E-state index contributed by atoms with van der Waals surface area (Å²) >= 11 is 0. The number of piperidine rings is 1. The van der Waals surface area contributed by atoms with Gasteiger partial charge in [-0.2, -0.15) is 4.31 Å². The van der Waals surface area contributed by atoms with Crippen molar-refractivity contribution in [2.24, 2.45) is 0 Å². The third-order valence-corrected chi connectivity index (χ3v) is 6.94. The quantitative estimate of drug-likeness (QED) is 0.439. The first-order chi connectivity index (χ1) is 12.3. The van der Waals surface area contributed by atoms with E-state index in [0.29, 0.717) is 44.6 Å². The number of anilines is 1.